The number of amides is 2. The van der Waals surface area contributed by atoms with E-state index in [-0.39, 0.29) is 31.3 Å². The number of halogens is 5. The molecule has 2 amide bonds. The monoisotopic (exact) mass is 649 g/mol. The van der Waals surface area contributed by atoms with Crippen LogP contribution in [-0.4, -0.2) is 94.1 Å². The summed E-state index contributed by atoms with van der Waals surface area (Å²) in [5.74, 6) is -3.90. The van der Waals surface area contributed by atoms with Gasteiger partial charge in [0, 0.05) is 87.6 Å². The Kier molecular flexibility index (Phi) is 9.34. The fourth-order valence-electron chi connectivity index (χ4n) is 5.52. The highest BCUT2D eigenvalue weighted by molar-refractivity contribution is 6.06. The topological polar surface area (TPSA) is 104 Å². The zero-order valence-electron chi connectivity index (χ0n) is 25.8. The summed E-state index contributed by atoms with van der Waals surface area (Å²) < 4.78 is 72.4. The Balaban J connectivity index is 1.28. The standard InChI is InChI=1S/C31H36F5N7O3/c1-29(2,3)46-28(45)43-15-13-42(14-16-43)25-8-7-21-22(5-4-6-23(21)40-25)26(44)37-19-24(41-11-9-30(32,33)10-12-41)20-17-38-27(39-18-20)31(34,35)36/h4-8,17-18,24H,9-16,19H2,1-3H3,(H,37,44). The van der Waals surface area contributed by atoms with Crippen molar-refractivity contribution in [1.29, 1.82) is 0 Å². The lowest BCUT2D eigenvalue weighted by atomic mass is 10.0. The molecule has 46 heavy (non-hydrogen) atoms. The lowest BCUT2D eigenvalue weighted by Crippen LogP contribution is -2.50. The van der Waals surface area contributed by atoms with Gasteiger partial charge in [0.25, 0.3) is 11.8 Å². The normalized spacial score (nSPS) is 18.3. The van der Waals surface area contributed by atoms with Crippen molar-refractivity contribution < 1.29 is 36.3 Å². The summed E-state index contributed by atoms with van der Waals surface area (Å²) in [6.45, 7) is 7.41. The SMILES string of the molecule is CC(C)(C)OC(=O)N1CCN(c2ccc3c(C(=O)NCC(c4cnc(C(F)(F)F)nc4)N4CCC(F)(F)CC4)cccc3n2)CC1. The fraction of sp³-hybridized carbons (Fsp3) is 0.516. The van der Waals surface area contributed by atoms with Crippen LogP contribution < -0.4 is 10.2 Å². The molecule has 2 fully saturated rings. The van der Waals surface area contributed by atoms with Gasteiger partial charge in [-0.1, -0.05) is 6.07 Å². The zero-order chi connectivity index (χ0) is 33.3. The Hall–Kier alpha value is -4.14. The summed E-state index contributed by atoms with van der Waals surface area (Å²) in [6, 6.07) is 7.99. The van der Waals surface area contributed by atoms with E-state index in [9.17, 15) is 31.5 Å². The number of anilines is 1. The second kappa shape index (κ2) is 12.9. The van der Waals surface area contributed by atoms with Crippen molar-refractivity contribution >= 4 is 28.7 Å². The number of hydrogen-bond donors (Lipinski definition) is 1. The molecule has 15 heteroatoms. The number of ether oxygens (including phenoxy) is 1. The summed E-state index contributed by atoms with van der Waals surface area (Å²) in [6.07, 6.45) is -3.86. The maximum atomic E-state index is 13.9. The lowest BCUT2D eigenvalue weighted by molar-refractivity contribution is -0.145. The van der Waals surface area contributed by atoms with Gasteiger partial charge in [-0.05, 0) is 45.0 Å². The molecule has 2 saturated heterocycles. The van der Waals surface area contributed by atoms with Crippen molar-refractivity contribution in [2.75, 3.05) is 50.7 Å². The van der Waals surface area contributed by atoms with E-state index in [1.165, 1.54) is 0 Å². The van der Waals surface area contributed by atoms with E-state index in [4.69, 9.17) is 9.72 Å². The number of likely N-dealkylation sites (tertiary alicyclic amines) is 1. The van der Waals surface area contributed by atoms with Gasteiger partial charge in [-0.3, -0.25) is 9.69 Å². The van der Waals surface area contributed by atoms with Gasteiger partial charge in [0.1, 0.15) is 11.4 Å². The summed E-state index contributed by atoms with van der Waals surface area (Å²) in [7, 11) is 0. The molecule has 10 nitrogen and oxygen atoms in total. The van der Waals surface area contributed by atoms with Crippen LogP contribution in [0.25, 0.3) is 10.9 Å². The van der Waals surface area contributed by atoms with Gasteiger partial charge in [-0.2, -0.15) is 13.2 Å². The second-order valence-electron chi connectivity index (χ2n) is 12.5. The number of rotatable bonds is 6. The molecule has 1 unspecified atom stereocenters. The Morgan fingerprint density at radius 3 is 2.22 bits per heavy atom. The van der Waals surface area contributed by atoms with E-state index in [1.807, 2.05) is 25.7 Å². The first kappa shape index (κ1) is 33.2. The molecule has 4 heterocycles. The smallest absolute Gasteiger partial charge is 0.444 e. The number of nitrogens with one attached hydrogen (secondary N) is 1. The van der Waals surface area contributed by atoms with Crippen LogP contribution in [0.2, 0.25) is 0 Å². The molecule has 248 valence electrons. The quantitative estimate of drug-likeness (QED) is 0.359. The molecule has 2 aromatic heterocycles. The van der Waals surface area contributed by atoms with Crippen LogP contribution >= 0.6 is 0 Å². The van der Waals surface area contributed by atoms with E-state index in [0.717, 1.165) is 12.4 Å². The third-order valence-electron chi connectivity index (χ3n) is 7.95. The number of fused-ring (bicyclic) bond motifs is 1. The molecule has 0 bridgehead atoms. The number of carbonyl (C=O) groups excluding carboxylic acids is 2. The molecule has 1 aromatic carbocycles. The van der Waals surface area contributed by atoms with E-state index in [2.05, 4.69) is 15.3 Å². The Morgan fingerprint density at radius 1 is 0.957 bits per heavy atom. The third kappa shape index (κ3) is 7.98. The van der Waals surface area contributed by atoms with Crippen molar-refractivity contribution in [3.05, 3.63) is 59.7 Å². The minimum atomic E-state index is -4.73. The number of aromatic nitrogens is 3. The van der Waals surface area contributed by atoms with Crippen LogP contribution in [0.1, 0.15) is 61.4 Å². The van der Waals surface area contributed by atoms with Crippen molar-refractivity contribution in [2.45, 2.75) is 57.4 Å². The average Bonchev–Trinajstić information content (AvgIpc) is 3.00. The molecule has 1 N–H and O–H groups in total. The molecule has 2 aliphatic heterocycles. The zero-order valence-corrected chi connectivity index (χ0v) is 25.8. The molecule has 0 aliphatic carbocycles. The van der Waals surface area contributed by atoms with E-state index in [0.29, 0.717) is 48.5 Å². The minimum Gasteiger partial charge on any atom is -0.444 e. The molecular formula is C31H36F5N7O3. The van der Waals surface area contributed by atoms with Crippen LogP contribution in [0.3, 0.4) is 0 Å². The van der Waals surface area contributed by atoms with Crippen molar-refractivity contribution in [3.63, 3.8) is 0 Å². The van der Waals surface area contributed by atoms with Crippen LogP contribution in [0.4, 0.5) is 32.6 Å². The van der Waals surface area contributed by atoms with Crippen molar-refractivity contribution in [2.24, 2.45) is 0 Å². The predicted octanol–water partition coefficient (Wildman–Crippen LogP) is 5.30. The van der Waals surface area contributed by atoms with Crippen LogP contribution in [0, 0.1) is 0 Å². The van der Waals surface area contributed by atoms with Gasteiger partial charge in [-0.25, -0.2) is 28.5 Å². The maximum absolute atomic E-state index is 13.9. The minimum absolute atomic E-state index is 0.0123. The van der Waals surface area contributed by atoms with Gasteiger partial charge in [0.15, 0.2) is 0 Å². The van der Waals surface area contributed by atoms with Gasteiger partial charge >= 0.3 is 12.3 Å². The van der Waals surface area contributed by atoms with Gasteiger partial charge in [0.05, 0.1) is 11.6 Å². The number of carbonyl (C=O) groups is 2. The number of nitrogens with zero attached hydrogens (tertiary/aromatic N) is 6. The van der Waals surface area contributed by atoms with Gasteiger partial charge in [0.2, 0.25) is 5.82 Å². The Labute approximate surface area is 262 Å². The summed E-state index contributed by atoms with van der Waals surface area (Å²) in [4.78, 5) is 42.9. The molecule has 0 saturated carbocycles. The maximum Gasteiger partial charge on any atom is 0.451 e. The molecule has 5 rings (SSSR count). The molecule has 1 atom stereocenters. The molecule has 0 spiro atoms. The number of benzene rings is 1. The molecule has 0 radical (unpaired) electrons. The summed E-state index contributed by atoms with van der Waals surface area (Å²) >= 11 is 0. The second-order valence-corrected chi connectivity index (χ2v) is 12.5. The highest BCUT2D eigenvalue weighted by Crippen LogP contribution is 2.33. The fourth-order valence-corrected chi connectivity index (χ4v) is 5.52. The predicted molar refractivity (Wildman–Crippen MR) is 160 cm³/mol. The first-order valence-corrected chi connectivity index (χ1v) is 15.0. The van der Waals surface area contributed by atoms with Crippen LogP contribution in [0.15, 0.2) is 42.7 Å². The van der Waals surface area contributed by atoms with E-state index < -0.39 is 48.3 Å². The van der Waals surface area contributed by atoms with Crippen LogP contribution in [-0.2, 0) is 10.9 Å². The van der Waals surface area contributed by atoms with Crippen molar-refractivity contribution in [3.8, 4) is 0 Å². The van der Waals surface area contributed by atoms with E-state index in [1.54, 1.807) is 40.1 Å². The summed E-state index contributed by atoms with van der Waals surface area (Å²) in [5, 5.41) is 3.41. The highest BCUT2D eigenvalue weighted by atomic mass is 19.4. The molecular weight excluding hydrogens is 613 g/mol. The van der Waals surface area contributed by atoms with Gasteiger partial charge in [-0.15, -0.1) is 0 Å². The molecule has 3 aromatic rings. The third-order valence-corrected chi connectivity index (χ3v) is 7.95. The van der Waals surface area contributed by atoms with Crippen LogP contribution in [0.5, 0.6) is 0 Å². The largest absolute Gasteiger partial charge is 0.451 e. The van der Waals surface area contributed by atoms with E-state index >= 15 is 0 Å². The number of hydrogen-bond acceptors (Lipinski definition) is 8. The number of piperidine rings is 1. The number of alkyl halides is 5. The average molecular weight is 650 g/mol. The Bertz CT molecular complexity index is 1540. The Morgan fingerprint density at radius 2 is 1.61 bits per heavy atom. The first-order valence-electron chi connectivity index (χ1n) is 15.0. The van der Waals surface area contributed by atoms with Crippen molar-refractivity contribution in [1.82, 2.24) is 30.1 Å². The highest BCUT2D eigenvalue weighted by Gasteiger charge is 2.38. The lowest BCUT2D eigenvalue weighted by Gasteiger charge is -2.37. The number of pyridine rings is 1. The first-order chi connectivity index (χ1) is 21.6. The van der Waals surface area contributed by atoms with Gasteiger partial charge < -0.3 is 19.9 Å². The summed E-state index contributed by atoms with van der Waals surface area (Å²) in [5.41, 5.74) is 0.597. The molecule has 2 aliphatic rings. The number of piperazine rings is 1.